The Morgan fingerprint density at radius 3 is 2.00 bits per heavy atom. The molecule has 24 heavy (non-hydrogen) atoms. The minimum atomic E-state index is -5.04. The Hall–Kier alpha value is -2.09. The maximum atomic E-state index is 13.7. The van der Waals surface area contributed by atoms with Crippen molar-refractivity contribution in [2.75, 3.05) is 14.2 Å². The summed E-state index contributed by atoms with van der Waals surface area (Å²) in [5.74, 6) is -2.79. The van der Waals surface area contributed by atoms with E-state index in [4.69, 9.17) is 0 Å². The molecule has 0 unspecified atom stereocenters. The van der Waals surface area contributed by atoms with Gasteiger partial charge in [0.25, 0.3) is 11.5 Å². The molecule has 0 aliphatic carbocycles. The molecule has 0 fully saturated rings. The van der Waals surface area contributed by atoms with E-state index in [9.17, 15) is 22.8 Å². The molecule has 1 N–H and O–H groups in total. The number of hydrogen-bond donors (Lipinski definition) is 1. The third-order valence-electron chi connectivity index (χ3n) is 3.61. The van der Waals surface area contributed by atoms with Crippen LogP contribution in [0.25, 0.3) is 0 Å². The Morgan fingerprint density at radius 2 is 1.62 bits per heavy atom. The lowest BCUT2D eigenvalue weighted by Crippen LogP contribution is -2.59. The van der Waals surface area contributed by atoms with Crippen LogP contribution in [0.2, 0.25) is 0 Å². The number of nitrogens with one attached hydrogen (secondary N) is 1. The molecule has 2 atom stereocenters. The van der Waals surface area contributed by atoms with E-state index < -0.39 is 35.6 Å². The lowest BCUT2D eigenvalue weighted by atomic mass is 9.90. The van der Waals surface area contributed by atoms with E-state index in [1.807, 2.05) is 0 Å². The summed E-state index contributed by atoms with van der Waals surface area (Å²) in [4.78, 5) is 24.2. The van der Waals surface area contributed by atoms with Gasteiger partial charge in [-0.1, -0.05) is 44.2 Å². The number of amides is 1. The van der Waals surface area contributed by atoms with Gasteiger partial charge < -0.3 is 14.8 Å². The first-order valence-corrected chi connectivity index (χ1v) is 7.18. The molecule has 8 heteroatoms. The number of ether oxygens (including phenoxy) is 2. The first-order valence-electron chi connectivity index (χ1n) is 7.18. The monoisotopic (exact) mass is 347 g/mol. The average Bonchev–Trinajstić information content (AvgIpc) is 2.52. The van der Waals surface area contributed by atoms with Crippen LogP contribution in [0.5, 0.6) is 0 Å². The van der Waals surface area contributed by atoms with Crippen LogP contribution in [0.1, 0.15) is 19.4 Å². The van der Waals surface area contributed by atoms with Crippen molar-refractivity contribution in [3.05, 3.63) is 35.9 Å². The molecule has 0 heterocycles. The predicted molar refractivity (Wildman–Crippen MR) is 80.0 cm³/mol. The highest BCUT2D eigenvalue weighted by atomic mass is 19.4. The fourth-order valence-electron chi connectivity index (χ4n) is 2.29. The third-order valence-corrected chi connectivity index (χ3v) is 3.61. The fourth-order valence-corrected chi connectivity index (χ4v) is 2.29. The second-order valence-corrected chi connectivity index (χ2v) is 5.47. The lowest BCUT2D eigenvalue weighted by Gasteiger charge is -2.34. The summed E-state index contributed by atoms with van der Waals surface area (Å²) >= 11 is 0. The highest BCUT2D eigenvalue weighted by molar-refractivity contribution is 5.91. The normalized spacial score (nSPS) is 15.5. The molecule has 0 saturated heterocycles. The molecule has 5 nitrogen and oxygen atoms in total. The fraction of sp³-hybridized carbons (Fsp3) is 0.500. The zero-order valence-electron chi connectivity index (χ0n) is 13.8. The van der Waals surface area contributed by atoms with Gasteiger partial charge >= 0.3 is 12.1 Å². The molecule has 0 aliphatic rings. The average molecular weight is 347 g/mol. The maximum absolute atomic E-state index is 13.7. The van der Waals surface area contributed by atoms with Gasteiger partial charge in [-0.2, -0.15) is 13.2 Å². The Labute approximate surface area is 138 Å². The predicted octanol–water partition coefficient (Wildman–Crippen LogP) is 2.40. The number of carbonyl (C=O) groups is 2. The lowest BCUT2D eigenvalue weighted by molar-refractivity contribution is -0.266. The van der Waals surface area contributed by atoms with Crippen LogP contribution < -0.4 is 5.32 Å². The van der Waals surface area contributed by atoms with Gasteiger partial charge in [-0.05, 0) is 5.92 Å². The molecule has 0 aliphatic heterocycles. The van der Waals surface area contributed by atoms with Crippen LogP contribution >= 0.6 is 0 Å². The van der Waals surface area contributed by atoms with Crippen LogP contribution in [-0.4, -0.2) is 38.3 Å². The standard InChI is InChI=1S/C16H20F3NO4/c1-10(2)12(13(21)23-3)20-14(22)15(24-4,16(17,18)19)11-8-6-5-7-9-11/h5-10,12H,1-4H3,(H,20,22)/t12-,15-/m0/s1. The van der Waals surface area contributed by atoms with Gasteiger partial charge in [0.15, 0.2) is 0 Å². The summed E-state index contributed by atoms with van der Waals surface area (Å²) in [6.45, 7) is 3.15. The number of benzene rings is 1. The smallest absolute Gasteiger partial charge is 0.430 e. The van der Waals surface area contributed by atoms with E-state index in [0.29, 0.717) is 0 Å². The summed E-state index contributed by atoms with van der Waals surface area (Å²) in [7, 11) is 1.89. The highest BCUT2D eigenvalue weighted by Gasteiger charge is 2.63. The van der Waals surface area contributed by atoms with Crippen molar-refractivity contribution in [1.82, 2.24) is 5.32 Å². The summed E-state index contributed by atoms with van der Waals surface area (Å²) in [5, 5.41) is 2.11. The topological polar surface area (TPSA) is 64.6 Å². The van der Waals surface area contributed by atoms with Crippen molar-refractivity contribution in [2.24, 2.45) is 5.92 Å². The minimum Gasteiger partial charge on any atom is -0.467 e. The van der Waals surface area contributed by atoms with Gasteiger partial charge in [-0.15, -0.1) is 0 Å². The highest BCUT2D eigenvalue weighted by Crippen LogP contribution is 2.42. The van der Waals surface area contributed by atoms with Gasteiger partial charge in [0.2, 0.25) is 0 Å². The molecule has 1 aromatic rings. The Balaban J connectivity index is 3.35. The van der Waals surface area contributed by atoms with E-state index in [0.717, 1.165) is 26.4 Å². The number of carbonyl (C=O) groups excluding carboxylic acids is 2. The minimum absolute atomic E-state index is 0.384. The van der Waals surface area contributed by atoms with Crippen LogP contribution in [0.15, 0.2) is 30.3 Å². The maximum Gasteiger partial charge on any atom is 0.430 e. The summed E-state index contributed by atoms with van der Waals surface area (Å²) < 4.78 is 50.4. The first kappa shape index (κ1) is 20.0. The number of methoxy groups -OCH3 is 2. The van der Waals surface area contributed by atoms with E-state index >= 15 is 0 Å². The largest absolute Gasteiger partial charge is 0.467 e. The van der Waals surface area contributed by atoms with E-state index in [-0.39, 0.29) is 5.56 Å². The van der Waals surface area contributed by atoms with Gasteiger partial charge in [-0.25, -0.2) is 4.79 Å². The van der Waals surface area contributed by atoms with E-state index in [2.05, 4.69) is 14.8 Å². The molecule has 1 rings (SSSR count). The Bertz CT molecular complexity index is 574. The number of halogens is 3. The number of rotatable bonds is 6. The molecule has 1 amide bonds. The molecule has 0 radical (unpaired) electrons. The van der Waals surface area contributed by atoms with Crippen molar-refractivity contribution < 1.29 is 32.2 Å². The van der Waals surface area contributed by atoms with E-state index in [1.54, 1.807) is 13.8 Å². The number of hydrogen-bond acceptors (Lipinski definition) is 4. The van der Waals surface area contributed by atoms with Crippen molar-refractivity contribution in [2.45, 2.75) is 31.7 Å². The quantitative estimate of drug-likeness (QED) is 0.803. The SMILES string of the molecule is COC(=O)[C@@H](NC(=O)[C@@](OC)(c1ccccc1)C(F)(F)F)C(C)C. The van der Waals surface area contributed by atoms with Gasteiger partial charge in [0.05, 0.1) is 7.11 Å². The number of alkyl halides is 3. The summed E-state index contributed by atoms with van der Waals surface area (Å²) in [6, 6.07) is 5.29. The Morgan fingerprint density at radius 1 is 1.08 bits per heavy atom. The zero-order chi connectivity index (χ0) is 18.5. The van der Waals surface area contributed by atoms with Crippen molar-refractivity contribution in [3.8, 4) is 0 Å². The molecule has 0 spiro atoms. The summed E-state index contributed by atoms with van der Waals surface area (Å²) in [6.07, 6.45) is -5.04. The summed E-state index contributed by atoms with van der Waals surface area (Å²) in [5.41, 5.74) is -3.61. The number of esters is 1. The third kappa shape index (κ3) is 3.69. The molecular formula is C16H20F3NO4. The molecule has 0 saturated carbocycles. The van der Waals surface area contributed by atoms with Gasteiger partial charge in [0.1, 0.15) is 6.04 Å². The van der Waals surface area contributed by atoms with Crippen LogP contribution in [0.3, 0.4) is 0 Å². The molecule has 134 valence electrons. The van der Waals surface area contributed by atoms with Crippen molar-refractivity contribution >= 4 is 11.9 Å². The molecule has 0 bridgehead atoms. The first-order chi connectivity index (χ1) is 11.1. The molecule has 1 aromatic carbocycles. The van der Waals surface area contributed by atoms with Crippen molar-refractivity contribution in [1.29, 1.82) is 0 Å². The van der Waals surface area contributed by atoms with Crippen LogP contribution in [-0.2, 0) is 24.7 Å². The van der Waals surface area contributed by atoms with Crippen LogP contribution in [0.4, 0.5) is 13.2 Å². The zero-order valence-corrected chi connectivity index (χ0v) is 13.8. The second kappa shape index (κ2) is 7.65. The molecular weight excluding hydrogens is 327 g/mol. The van der Waals surface area contributed by atoms with E-state index in [1.165, 1.54) is 18.2 Å². The second-order valence-electron chi connectivity index (χ2n) is 5.47. The Kier molecular flexibility index (Phi) is 6.36. The van der Waals surface area contributed by atoms with Crippen molar-refractivity contribution in [3.63, 3.8) is 0 Å². The molecule has 0 aromatic heterocycles. The van der Waals surface area contributed by atoms with Gasteiger partial charge in [0, 0.05) is 12.7 Å². The van der Waals surface area contributed by atoms with Gasteiger partial charge in [-0.3, -0.25) is 4.79 Å². The van der Waals surface area contributed by atoms with Crippen LogP contribution in [0, 0.1) is 5.92 Å².